The van der Waals surface area contributed by atoms with Crippen molar-refractivity contribution < 1.29 is 17.8 Å². The van der Waals surface area contributed by atoms with E-state index in [-0.39, 0.29) is 4.90 Å². The summed E-state index contributed by atoms with van der Waals surface area (Å²) in [6.45, 7) is 0. The summed E-state index contributed by atoms with van der Waals surface area (Å²) in [6.07, 6.45) is 0. The van der Waals surface area contributed by atoms with E-state index in [9.17, 15) is 8.42 Å². The van der Waals surface area contributed by atoms with Crippen LogP contribution in [0.2, 0.25) is 0 Å². The first-order chi connectivity index (χ1) is 12.6. The second-order valence-electron chi connectivity index (χ2n) is 5.43. The van der Waals surface area contributed by atoms with Crippen LogP contribution in [0.3, 0.4) is 0 Å². The summed E-state index contributed by atoms with van der Waals surface area (Å²) in [7, 11) is -3.79. The summed E-state index contributed by atoms with van der Waals surface area (Å²) in [5, 5.41) is 7.42. The van der Waals surface area contributed by atoms with E-state index in [1.54, 1.807) is 30.3 Å². The Morgan fingerprint density at radius 2 is 1.54 bits per heavy atom. The molecular formula is C18H13N3O4S. The van der Waals surface area contributed by atoms with Gasteiger partial charge in [-0.3, -0.25) is 4.72 Å². The number of benzene rings is 3. The van der Waals surface area contributed by atoms with E-state index in [0.717, 1.165) is 0 Å². The molecule has 1 aromatic heterocycles. The quantitative estimate of drug-likeness (QED) is 0.576. The van der Waals surface area contributed by atoms with Crippen LogP contribution in [-0.2, 0) is 10.0 Å². The molecule has 1 N–H and O–H groups in total. The second kappa shape index (κ2) is 6.49. The lowest BCUT2D eigenvalue weighted by Gasteiger charge is -2.09. The van der Waals surface area contributed by atoms with Gasteiger partial charge in [0.15, 0.2) is 5.52 Å². The molecule has 7 nitrogen and oxygen atoms in total. The van der Waals surface area contributed by atoms with Crippen LogP contribution in [0.25, 0.3) is 11.0 Å². The molecule has 4 aromatic rings. The summed E-state index contributed by atoms with van der Waals surface area (Å²) >= 11 is 0. The van der Waals surface area contributed by atoms with E-state index < -0.39 is 10.0 Å². The standard InChI is InChI=1S/C18H13N3O4S/c22-26(23,21-17-8-4-7-16-18(17)20-25-19-16)15-11-9-14(10-12-15)24-13-5-2-1-3-6-13/h1-12,21H. The number of anilines is 1. The largest absolute Gasteiger partial charge is 0.457 e. The van der Waals surface area contributed by atoms with Crippen LogP contribution < -0.4 is 9.46 Å². The van der Waals surface area contributed by atoms with Gasteiger partial charge >= 0.3 is 0 Å². The highest BCUT2D eigenvalue weighted by atomic mass is 32.2. The molecule has 0 atom stereocenters. The number of hydrogen-bond donors (Lipinski definition) is 1. The lowest BCUT2D eigenvalue weighted by molar-refractivity contribution is 0.315. The molecule has 0 aliphatic carbocycles. The summed E-state index contributed by atoms with van der Waals surface area (Å²) < 4.78 is 38.0. The van der Waals surface area contributed by atoms with Gasteiger partial charge in [0, 0.05) is 0 Å². The Morgan fingerprint density at radius 1 is 0.808 bits per heavy atom. The van der Waals surface area contributed by atoms with Crippen LogP contribution in [0, 0.1) is 0 Å². The van der Waals surface area contributed by atoms with Crippen LogP contribution in [0.15, 0.2) is 82.3 Å². The van der Waals surface area contributed by atoms with Gasteiger partial charge in [-0.1, -0.05) is 24.3 Å². The Morgan fingerprint density at radius 3 is 2.31 bits per heavy atom. The fourth-order valence-corrected chi connectivity index (χ4v) is 3.47. The summed E-state index contributed by atoms with van der Waals surface area (Å²) in [4.78, 5) is 0.103. The van der Waals surface area contributed by atoms with E-state index in [1.165, 1.54) is 12.1 Å². The molecule has 0 fully saturated rings. The fourth-order valence-electron chi connectivity index (χ4n) is 2.40. The zero-order valence-electron chi connectivity index (χ0n) is 13.4. The van der Waals surface area contributed by atoms with Gasteiger partial charge in [0.2, 0.25) is 0 Å². The van der Waals surface area contributed by atoms with Crippen molar-refractivity contribution in [3.05, 3.63) is 72.8 Å². The number of hydrogen-bond acceptors (Lipinski definition) is 6. The Kier molecular flexibility index (Phi) is 4.02. The molecule has 3 aromatic carbocycles. The molecule has 0 spiro atoms. The van der Waals surface area contributed by atoms with E-state index in [0.29, 0.717) is 28.2 Å². The molecule has 0 aliphatic rings. The van der Waals surface area contributed by atoms with Crippen molar-refractivity contribution in [3.63, 3.8) is 0 Å². The molecule has 4 rings (SSSR count). The summed E-state index contributed by atoms with van der Waals surface area (Å²) in [6, 6.07) is 20.3. The minimum Gasteiger partial charge on any atom is -0.457 e. The average molecular weight is 367 g/mol. The fraction of sp³-hybridized carbons (Fsp3) is 0. The van der Waals surface area contributed by atoms with Crippen molar-refractivity contribution in [2.45, 2.75) is 4.90 Å². The minimum absolute atomic E-state index is 0.103. The van der Waals surface area contributed by atoms with E-state index >= 15 is 0 Å². The topological polar surface area (TPSA) is 94.3 Å². The normalized spacial score (nSPS) is 11.4. The third-order valence-electron chi connectivity index (χ3n) is 3.64. The van der Waals surface area contributed by atoms with E-state index in [2.05, 4.69) is 19.7 Å². The van der Waals surface area contributed by atoms with Gasteiger partial charge in [-0.15, -0.1) is 0 Å². The predicted molar refractivity (Wildman–Crippen MR) is 95.6 cm³/mol. The minimum atomic E-state index is -3.79. The Labute approximate surface area is 149 Å². The van der Waals surface area contributed by atoms with Gasteiger partial charge in [-0.05, 0) is 58.8 Å². The van der Waals surface area contributed by atoms with Crippen molar-refractivity contribution >= 4 is 26.7 Å². The first-order valence-electron chi connectivity index (χ1n) is 7.69. The van der Waals surface area contributed by atoms with Crippen molar-refractivity contribution in [2.24, 2.45) is 0 Å². The number of aromatic nitrogens is 2. The highest BCUT2D eigenvalue weighted by Gasteiger charge is 2.17. The lowest BCUT2D eigenvalue weighted by atomic mass is 10.3. The average Bonchev–Trinajstić information content (AvgIpc) is 3.13. The maximum atomic E-state index is 12.6. The number of sulfonamides is 1. The smallest absolute Gasteiger partial charge is 0.261 e. The maximum Gasteiger partial charge on any atom is 0.261 e. The molecule has 8 heteroatoms. The molecule has 0 unspecified atom stereocenters. The molecule has 0 saturated heterocycles. The van der Waals surface area contributed by atoms with Gasteiger partial charge in [-0.25, -0.2) is 13.0 Å². The summed E-state index contributed by atoms with van der Waals surface area (Å²) in [5.74, 6) is 1.21. The third-order valence-corrected chi connectivity index (χ3v) is 5.02. The molecule has 0 aliphatic heterocycles. The first kappa shape index (κ1) is 16.1. The van der Waals surface area contributed by atoms with Crippen LogP contribution in [-0.4, -0.2) is 18.7 Å². The highest BCUT2D eigenvalue weighted by Crippen LogP contribution is 2.25. The van der Waals surface area contributed by atoms with Crippen molar-refractivity contribution in [3.8, 4) is 11.5 Å². The molecule has 130 valence electrons. The molecule has 1 heterocycles. The first-order valence-corrected chi connectivity index (χ1v) is 9.17. The number of nitrogens with one attached hydrogen (secondary N) is 1. The second-order valence-corrected chi connectivity index (χ2v) is 7.11. The molecule has 0 saturated carbocycles. The molecule has 26 heavy (non-hydrogen) atoms. The van der Waals surface area contributed by atoms with Gasteiger partial charge < -0.3 is 4.74 Å². The number of para-hydroxylation sites is 1. The van der Waals surface area contributed by atoms with Crippen LogP contribution >= 0.6 is 0 Å². The third kappa shape index (κ3) is 3.22. The Bertz CT molecular complexity index is 1140. The van der Waals surface area contributed by atoms with Crippen molar-refractivity contribution in [1.29, 1.82) is 0 Å². The SMILES string of the molecule is O=S(=O)(Nc1cccc2nonc12)c1ccc(Oc2ccccc2)cc1. The van der Waals surface area contributed by atoms with Crippen LogP contribution in [0.5, 0.6) is 11.5 Å². The highest BCUT2D eigenvalue weighted by molar-refractivity contribution is 7.92. The number of rotatable bonds is 5. The van der Waals surface area contributed by atoms with E-state index in [4.69, 9.17) is 4.74 Å². The van der Waals surface area contributed by atoms with Gasteiger partial charge in [0.1, 0.15) is 17.0 Å². The maximum absolute atomic E-state index is 12.6. The lowest BCUT2D eigenvalue weighted by Crippen LogP contribution is -2.13. The molecule has 0 bridgehead atoms. The zero-order chi connectivity index (χ0) is 18.0. The van der Waals surface area contributed by atoms with Crippen molar-refractivity contribution in [1.82, 2.24) is 10.3 Å². The van der Waals surface area contributed by atoms with E-state index in [1.807, 2.05) is 30.3 Å². The number of nitrogens with zero attached hydrogens (tertiary/aromatic N) is 2. The van der Waals surface area contributed by atoms with Crippen molar-refractivity contribution in [2.75, 3.05) is 4.72 Å². The van der Waals surface area contributed by atoms with Crippen LogP contribution in [0.1, 0.15) is 0 Å². The molecule has 0 amide bonds. The molecular weight excluding hydrogens is 354 g/mol. The molecule has 0 radical (unpaired) electrons. The summed E-state index contributed by atoms with van der Waals surface area (Å²) in [5.41, 5.74) is 1.12. The Hall–Kier alpha value is -3.39. The van der Waals surface area contributed by atoms with Gasteiger partial charge in [0.25, 0.3) is 10.0 Å². The van der Waals surface area contributed by atoms with Gasteiger partial charge in [-0.2, -0.15) is 0 Å². The zero-order valence-corrected chi connectivity index (χ0v) is 14.2. The van der Waals surface area contributed by atoms with Gasteiger partial charge in [0.05, 0.1) is 10.6 Å². The predicted octanol–water partition coefficient (Wildman–Crippen LogP) is 3.82. The monoisotopic (exact) mass is 367 g/mol. The Balaban J connectivity index is 1.57. The van der Waals surface area contributed by atoms with Crippen LogP contribution in [0.4, 0.5) is 5.69 Å². The number of fused-ring (bicyclic) bond motifs is 1. The number of ether oxygens (including phenoxy) is 1.